The molecule has 0 aliphatic rings. The molecule has 0 aliphatic heterocycles. The number of carboxylic acids is 1. The van der Waals surface area contributed by atoms with Crippen LogP contribution in [0.3, 0.4) is 0 Å². The lowest BCUT2D eigenvalue weighted by molar-refractivity contribution is -0.138. The first kappa shape index (κ1) is 15.7. The highest BCUT2D eigenvalue weighted by molar-refractivity contribution is 9.11. The van der Waals surface area contributed by atoms with E-state index in [0.717, 1.165) is 14.5 Å². The third-order valence-electron chi connectivity index (χ3n) is 2.79. The average Bonchev–Trinajstić information content (AvgIpc) is 2.36. The lowest BCUT2D eigenvalue weighted by atomic mass is 9.96. The monoisotopic (exact) mass is 461 g/mol. The predicted octanol–water partition coefficient (Wildman–Crippen LogP) is 4.78. The molecule has 6 heteroatoms. The molecule has 1 aromatic heterocycles. The summed E-state index contributed by atoms with van der Waals surface area (Å²) in [6, 6.07) is 9.44. The molecular weight excluding hydrogens is 454 g/mol. The van der Waals surface area contributed by atoms with Crippen molar-refractivity contribution in [2.75, 3.05) is 0 Å². The Morgan fingerprint density at radius 3 is 2.55 bits per heavy atom. The Balaban J connectivity index is 2.34. The van der Waals surface area contributed by atoms with Gasteiger partial charge in [0.2, 0.25) is 0 Å². The maximum atomic E-state index is 11.5. The quantitative estimate of drug-likeness (QED) is 0.710. The van der Waals surface area contributed by atoms with Crippen molar-refractivity contribution in [2.24, 2.45) is 0 Å². The van der Waals surface area contributed by atoms with Crippen LogP contribution in [0.25, 0.3) is 0 Å². The first-order chi connectivity index (χ1) is 9.47. The lowest BCUT2D eigenvalue weighted by Gasteiger charge is -2.14. The normalized spacial score (nSPS) is 12.2. The maximum Gasteiger partial charge on any atom is 0.312 e. The fourth-order valence-electron chi connectivity index (χ4n) is 1.88. The Labute approximate surface area is 141 Å². The van der Waals surface area contributed by atoms with Gasteiger partial charge in [0.25, 0.3) is 0 Å². The van der Waals surface area contributed by atoms with Crippen LogP contribution < -0.4 is 0 Å². The van der Waals surface area contributed by atoms with Crippen molar-refractivity contribution in [1.29, 1.82) is 0 Å². The lowest BCUT2D eigenvalue weighted by Crippen LogP contribution is -2.16. The molecule has 1 N–H and O–H groups in total. The van der Waals surface area contributed by atoms with Gasteiger partial charge in [-0.25, -0.2) is 0 Å². The number of hydrogen-bond donors (Lipinski definition) is 1. The van der Waals surface area contributed by atoms with Gasteiger partial charge in [-0.1, -0.05) is 28.1 Å². The van der Waals surface area contributed by atoms with Crippen molar-refractivity contribution in [2.45, 2.75) is 12.3 Å². The molecule has 3 nitrogen and oxygen atoms in total. The number of nitrogens with zero attached hydrogens (tertiary/aromatic N) is 1. The van der Waals surface area contributed by atoms with Crippen molar-refractivity contribution in [1.82, 2.24) is 4.98 Å². The molecule has 1 atom stereocenters. The van der Waals surface area contributed by atoms with Crippen LogP contribution in [0.1, 0.15) is 17.2 Å². The number of aliphatic carboxylic acids is 1. The number of pyridine rings is 1. The number of aromatic nitrogens is 1. The summed E-state index contributed by atoms with van der Waals surface area (Å²) in [4.78, 5) is 15.8. The van der Waals surface area contributed by atoms with Gasteiger partial charge < -0.3 is 5.11 Å². The van der Waals surface area contributed by atoms with Gasteiger partial charge in [0.1, 0.15) is 5.92 Å². The third kappa shape index (κ3) is 3.90. The zero-order valence-corrected chi connectivity index (χ0v) is 14.9. The molecule has 2 rings (SSSR count). The van der Waals surface area contributed by atoms with Gasteiger partial charge in [0, 0.05) is 19.6 Å². The molecular formula is C14H10Br3NO2. The molecule has 0 radical (unpaired) electrons. The van der Waals surface area contributed by atoms with E-state index in [4.69, 9.17) is 0 Å². The summed E-state index contributed by atoms with van der Waals surface area (Å²) in [7, 11) is 0. The Hall–Kier alpha value is -0.720. The first-order valence-corrected chi connectivity index (χ1v) is 8.13. The van der Waals surface area contributed by atoms with E-state index >= 15 is 0 Å². The van der Waals surface area contributed by atoms with Crippen LogP contribution in [0.4, 0.5) is 0 Å². The number of carbonyl (C=O) groups is 1. The van der Waals surface area contributed by atoms with Crippen LogP contribution in [-0.2, 0) is 11.2 Å². The number of carboxylic acid groups (broad SMARTS) is 1. The van der Waals surface area contributed by atoms with Crippen molar-refractivity contribution in [3.8, 4) is 0 Å². The molecule has 0 bridgehead atoms. The zero-order valence-electron chi connectivity index (χ0n) is 10.2. The Morgan fingerprint density at radius 2 is 1.95 bits per heavy atom. The molecule has 0 saturated heterocycles. The van der Waals surface area contributed by atoms with Gasteiger partial charge >= 0.3 is 5.97 Å². The average molecular weight is 464 g/mol. The summed E-state index contributed by atoms with van der Waals surface area (Å²) in [5, 5.41) is 9.47. The Kier molecular flexibility index (Phi) is 5.35. The summed E-state index contributed by atoms with van der Waals surface area (Å²) in [6.45, 7) is 0. The molecule has 0 aliphatic carbocycles. The van der Waals surface area contributed by atoms with Gasteiger partial charge in [0.05, 0.1) is 5.69 Å². The smallest absolute Gasteiger partial charge is 0.312 e. The van der Waals surface area contributed by atoms with Crippen molar-refractivity contribution in [3.63, 3.8) is 0 Å². The van der Waals surface area contributed by atoms with E-state index in [1.165, 1.54) is 0 Å². The molecule has 20 heavy (non-hydrogen) atoms. The van der Waals surface area contributed by atoms with Crippen LogP contribution in [0, 0.1) is 0 Å². The van der Waals surface area contributed by atoms with Crippen molar-refractivity contribution >= 4 is 53.8 Å². The van der Waals surface area contributed by atoms with Crippen LogP contribution in [0.2, 0.25) is 0 Å². The molecule has 0 spiro atoms. The second-order valence-electron chi connectivity index (χ2n) is 4.25. The molecule has 0 saturated carbocycles. The molecule has 2 aromatic rings. The van der Waals surface area contributed by atoms with Crippen LogP contribution >= 0.6 is 47.8 Å². The number of halogens is 3. The van der Waals surface area contributed by atoms with E-state index in [0.29, 0.717) is 16.6 Å². The highest BCUT2D eigenvalue weighted by atomic mass is 79.9. The molecule has 1 unspecified atom stereocenters. The topological polar surface area (TPSA) is 50.2 Å². The predicted molar refractivity (Wildman–Crippen MR) is 87.9 cm³/mol. The third-order valence-corrected chi connectivity index (χ3v) is 4.36. The molecule has 0 amide bonds. The van der Waals surface area contributed by atoms with E-state index in [-0.39, 0.29) is 0 Å². The van der Waals surface area contributed by atoms with Gasteiger partial charge in [-0.05, 0) is 62.0 Å². The Bertz CT molecular complexity index is 646. The summed E-state index contributed by atoms with van der Waals surface area (Å²) in [5.41, 5.74) is 1.48. The fourth-order valence-corrected chi connectivity index (χ4v) is 3.59. The van der Waals surface area contributed by atoms with Gasteiger partial charge in [-0.3, -0.25) is 9.78 Å². The molecule has 1 aromatic carbocycles. The standard InChI is InChI=1S/C14H10Br3NO2/c15-9-3-1-2-8(4-9)5-11(14(19)20)13-12(17)6-10(16)7-18-13/h1-4,6-7,11H,5H2,(H,19,20). The van der Waals surface area contributed by atoms with Gasteiger partial charge in [0.15, 0.2) is 0 Å². The second kappa shape index (κ2) is 6.83. The minimum atomic E-state index is -0.888. The SMILES string of the molecule is O=C(O)C(Cc1cccc(Br)c1)c1ncc(Br)cc1Br. The van der Waals surface area contributed by atoms with Gasteiger partial charge in [-0.2, -0.15) is 0 Å². The van der Waals surface area contributed by atoms with Crippen LogP contribution in [-0.4, -0.2) is 16.1 Å². The highest BCUT2D eigenvalue weighted by Gasteiger charge is 2.24. The van der Waals surface area contributed by atoms with E-state index in [1.54, 1.807) is 12.3 Å². The largest absolute Gasteiger partial charge is 0.481 e. The second-order valence-corrected chi connectivity index (χ2v) is 6.93. The molecule has 1 heterocycles. The van der Waals surface area contributed by atoms with Crippen molar-refractivity contribution < 1.29 is 9.90 Å². The van der Waals surface area contributed by atoms with Crippen molar-refractivity contribution in [3.05, 3.63) is 61.2 Å². The summed E-state index contributed by atoms with van der Waals surface area (Å²) in [5.74, 6) is -1.58. The Morgan fingerprint density at radius 1 is 1.20 bits per heavy atom. The minimum Gasteiger partial charge on any atom is -0.481 e. The van der Waals surface area contributed by atoms with E-state index in [2.05, 4.69) is 52.8 Å². The maximum absolute atomic E-state index is 11.5. The molecule has 0 fully saturated rings. The number of rotatable bonds is 4. The van der Waals surface area contributed by atoms with E-state index in [1.807, 2.05) is 24.3 Å². The van der Waals surface area contributed by atoms with E-state index in [9.17, 15) is 9.90 Å². The number of benzene rings is 1. The summed E-state index contributed by atoms with van der Waals surface area (Å²) in [6.07, 6.45) is 2.00. The van der Waals surface area contributed by atoms with Crippen LogP contribution in [0.5, 0.6) is 0 Å². The number of hydrogen-bond acceptors (Lipinski definition) is 2. The van der Waals surface area contributed by atoms with Gasteiger partial charge in [-0.15, -0.1) is 0 Å². The first-order valence-electron chi connectivity index (χ1n) is 5.75. The van der Waals surface area contributed by atoms with E-state index < -0.39 is 11.9 Å². The fraction of sp³-hybridized carbons (Fsp3) is 0.143. The highest BCUT2D eigenvalue weighted by Crippen LogP contribution is 2.29. The summed E-state index contributed by atoms with van der Waals surface area (Å²) < 4.78 is 2.43. The summed E-state index contributed by atoms with van der Waals surface area (Å²) >= 11 is 10.1. The molecule has 104 valence electrons. The van der Waals surface area contributed by atoms with Crippen LogP contribution in [0.15, 0.2) is 49.9 Å². The zero-order chi connectivity index (χ0) is 14.7. The minimum absolute atomic E-state index is 0.391.